The van der Waals surface area contributed by atoms with Gasteiger partial charge < -0.3 is 4.74 Å². The van der Waals surface area contributed by atoms with Gasteiger partial charge in [-0.05, 0) is 12.5 Å². The molecule has 96 valence electrons. The van der Waals surface area contributed by atoms with Gasteiger partial charge in [-0.2, -0.15) is 0 Å². The van der Waals surface area contributed by atoms with Crippen molar-refractivity contribution in [3.63, 3.8) is 0 Å². The molecule has 4 heteroatoms. The molecule has 0 aliphatic carbocycles. The highest BCUT2D eigenvalue weighted by Crippen LogP contribution is 2.33. The molecule has 0 fully saturated rings. The number of hydrogen-bond donors (Lipinski definition) is 0. The first kappa shape index (κ1) is 12.6. The van der Waals surface area contributed by atoms with E-state index in [1.807, 2.05) is 30.3 Å². The summed E-state index contributed by atoms with van der Waals surface area (Å²) in [5, 5.41) is 1.20. The highest BCUT2D eigenvalue weighted by atomic mass is 16.7. The molecule has 0 aromatic heterocycles. The Morgan fingerprint density at radius 3 is 3.06 bits per heavy atom. The quantitative estimate of drug-likeness (QED) is 0.606. The van der Waals surface area contributed by atoms with Gasteiger partial charge >= 0.3 is 0 Å². The number of nitrogens with zero attached hydrogens (tertiary/aromatic N) is 1. The van der Waals surface area contributed by atoms with Gasteiger partial charge in [0.1, 0.15) is 5.75 Å². The van der Waals surface area contributed by atoms with Crippen LogP contribution in [0.25, 0.3) is 0 Å². The number of hydrogen-bond acceptors (Lipinski definition) is 3. The molecule has 1 amide bonds. The average Bonchev–Trinajstić information content (AvgIpc) is 2.43. The van der Waals surface area contributed by atoms with Crippen LogP contribution in [0.4, 0.5) is 0 Å². The van der Waals surface area contributed by atoms with Crippen LogP contribution in [-0.4, -0.2) is 31.7 Å². The van der Waals surface area contributed by atoms with Crippen molar-refractivity contribution in [3.8, 4) is 5.75 Å². The highest BCUT2D eigenvalue weighted by molar-refractivity contribution is 5.86. The van der Waals surface area contributed by atoms with E-state index in [0.29, 0.717) is 6.61 Å². The van der Waals surface area contributed by atoms with Crippen molar-refractivity contribution in [2.75, 3.05) is 20.8 Å². The SMILES string of the molecule is CON(C)C(=O)/C=C/C1CCOc2ccccc21. The van der Waals surface area contributed by atoms with E-state index in [1.54, 1.807) is 13.1 Å². The Balaban J connectivity index is 2.12. The van der Waals surface area contributed by atoms with Gasteiger partial charge in [0.25, 0.3) is 5.91 Å². The van der Waals surface area contributed by atoms with Crippen molar-refractivity contribution in [3.05, 3.63) is 42.0 Å². The van der Waals surface area contributed by atoms with Crippen molar-refractivity contribution in [1.29, 1.82) is 0 Å². The zero-order valence-corrected chi connectivity index (χ0v) is 10.6. The van der Waals surface area contributed by atoms with Crippen LogP contribution >= 0.6 is 0 Å². The normalized spacial score (nSPS) is 18.2. The number of ether oxygens (including phenoxy) is 1. The second-order valence-electron chi connectivity index (χ2n) is 4.16. The van der Waals surface area contributed by atoms with Gasteiger partial charge in [0.2, 0.25) is 0 Å². The molecule has 0 N–H and O–H groups in total. The van der Waals surface area contributed by atoms with Crippen LogP contribution < -0.4 is 4.74 Å². The van der Waals surface area contributed by atoms with E-state index in [4.69, 9.17) is 9.57 Å². The third-order valence-electron chi connectivity index (χ3n) is 3.06. The number of amides is 1. The van der Waals surface area contributed by atoms with E-state index in [9.17, 15) is 4.79 Å². The van der Waals surface area contributed by atoms with Crippen LogP contribution in [0.15, 0.2) is 36.4 Å². The molecule has 0 saturated carbocycles. The van der Waals surface area contributed by atoms with Crippen molar-refractivity contribution in [1.82, 2.24) is 5.06 Å². The fourth-order valence-corrected chi connectivity index (χ4v) is 1.96. The van der Waals surface area contributed by atoms with E-state index < -0.39 is 0 Å². The summed E-state index contributed by atoms with van der Waals surface area (Å²) in [7, 11) is 3.06. The van der Waals surface area contributed by atoms with Crippen LogP contribution in [0.1, 0.15) is 17.9 Å². The Hall–Kier alpha value is -1.81. The smallest absolute Gasteiger partial charge is 0.269 e. The summed E-state index contributed by atoms with van der Waals surface area (Å²) < 4.78 is 5.58. The molecule has 1 aromatic carbocycles. The minimum atomic E-state index is -0.165. The molecule has 0 bridgehead atoms. The van der Waals surface area contributed by atoms with Gasteiger partial charge in [0.15, 0.2) is 0 Å². The fourth-order valence-electron chi connectivity index (χ4n) is 1.96. The number of benzene rings is 1. The topological polar surface area (TPSA) is 38.8 Å². The predicted octanol–water partition coefficient (Wildman–Crippen LogP) is 2.13. The number of carbonyl (C=O) groups excluding carboxylic acids is 1. The summed E-state index contributed by atoms with van der Waals surface area (Å²) in [6.07, 6.45) is 4.35. The first-order chi connectivity index (χ1) is 8.72. The number of fused-ring (bicyclic) bond motifs is 1. The van der Waals surface area contributed by atoms with Gasteiger partial charge in [-0.25, -0.2) is 5.06 Å². The van der Waals surface area contributed by atoms with E-state index in [0.717, 1.165) is 17.7 Å². The Morgan fingerprint density at radius 1 is 1.50 bits per heavy atom. The lowest BCUT2D eigenvalue weighted by molar-refractivity contribution is -0.162. The van der Waals surface area contributed by atoms with Crippen molar-refractivity contribution >= 4 is 5.91 Å². The third-order valence-corrected chi connectivity index (χ3v) is 3.06. The summed E-state index contributed by atoms with van der Waals surface area (Å²) in [6, 6.07) is 7.93. The second-order valence-corrected chi connectivity index (χ2v) is 4.16. The zero-order valence-electron chi connectivity index (χ0n) is 10.6. The number of likely N-dealkylation sites (N-methyl/N-ethyl adjacent to an activating group) is 1. The number of rotatable bonds is 3. The standard InChI is InChI=1S/C14H17NO3/c1-15(17-2)14(16)8-7-11-9-10-18-13-6-4-3-5-12(11)13/h3-8,11H,9-10H2,1-2H3/b8-7+. The van der Waals surface area contributed by atoms with Gasteiger partial charge in [0.05, 0.1) is 13.7 Å². The maximum absolute atomic E-state index is 11.6. The molecule has 1 aliphatic heterocycles. The molecular weight excluding hydrogens is 230 g/mol. The van der Waals surface area contributed by atoms with Gasteiger partial charge in [-0.1, -0.05) is 24.3 Å². The van der Waals surface area contributed by atoms with Crippen LogP contribution in [0.2, 0.25) is 0 Å². The van der Waals surface area contributed by atoms with Gasteiger partial charge in [-0.15, -0.1) is 0 Å². The second kappa shape index (κ2) is 5.69. The van der Waals surface area contributed by atoms with E-state index in [-0.39, 0.29) is 11.8 Å². The summed E-state index contributed by atoms with van der Waals surface area (Å²) in [5.74, 6) is 0.969. The molecule has 0 radical (unpaired) electrons. The summed E-state index contributed by atoms with van der Waals surface area (Å²) in [6.45, 7) is 0.681. The molecule has 18 heavy (non-hydrogen) atoms. The van der Waals surface area contributed by atoms with Crippen LogP contribution in [-0.2, 0) is 9.63 Å². The highest BCUT2D eigenvalue weighted by Gasteiger charge is 2.18. The number of para-hydroxylation sites is 1. The van der Waals surface area contributed by atoms with Gasteiger partial charge in [-0.3, -0.25) is 9.63 Å². The molecule has 1 aliphatic rings. The van der Waals surface area contributed by atoms with Crippen LogP contribution in [0.3, 0.4) is 0 Å². The monoisotopic (exact) mass is 247 g/mol. The largest absolute Gasteiger partial charge is 0.493 e. The number of hydroxylamine groups is 2. The van der Waals surface area contributed by atoms with Crippen LogP contribution in [0.5, 0.6) is 5.75 Å². The van der Waals surface area contributed by atoms with E-state index in [1.165, 1.54) is 12.2 Å². The first-order valence-corrected chi connectivity index (χ1v) is 5.94. The Morgan fingerprint density at radius 2 is 2.28 bits per heavy atom. The Kier molecular flexibility index (Phi) is 3.99. The maximum Gasteiger partial charge on any atom is 0.269 e. The molecule has 1 aromatic rings. The molecule has 0 spiro atoms. The molecule has 1 unspecified atom stereocenters. The lowest BCUT2D eigenvalue weighted by Gasteiger charge is -2.23. The molecule has 0 saturated heterocycles. The molecule has 1 atom stereocenters. The summed E-state index contributed by atoms with van der Waals surface area (Å²) in [5.41, 5.74) is 1.13. The first-order valence-electron chi connectivity index (χ1n) is 5.94. The predicted molar refractivity (Wildman–Crippen MR) is 68.2 cm³/mol. The molecule has 4 nitrogen and oxygen atoms in total. The van der Waals surface area contributed by atoms with Gasteiger partial charge in [0, 0.05) is 24.6 Å². The minimum Gasteiger partial charge on any atom is -0.493 e. The lowest BCUT2D eigenvalue weighted by atomic mass is 9.93. The molecule has 1 heterocycles. The van der Waals surface area contributed by atoms with E-state index >= 15 is 0 Å². The number of carbonyl (C=O) groups is 1. The third kappa shape index (κ3) is 2.71. The number of allylic oxidation sites excluding steroid dienone is 1. The Labute approximate surface area is 107 Å². The summed E-state index contributed by atoms with van der Waals surface area (Å²) >= 11 is 0. The molecular formula is C14H17NO3. The van der Waals surface area contributed by atoms with Crippen molar-refractivity contribution < 1.29 is 14.4 Å². The van der Waals surface area contributed by atoms with Crippen molar-refractivity contribution in [2.45, 2.75) is 12.3 Å². The van der Waals surface area contributed by atoms with E-state index in [2.05, 4.69) is 0 Å². The summed E-state index contributed by atoms with van der Waals surface area (Å²) in [4.78, 5) is 16.4. The van der Waals surface area contributed by atoms with Crippen molar-refractivity contribution in [2.24, 2.45) is 0 Å². The lowest BCUT2D eigenvalue weighted by Crippen LogP contribution is -2.23. The Bertz CT molecular complexity index is 456. The average molecular weight is 247 g/mol. The zero-order chi connectivity index (χ0) is 13.0. The molecule has 2 rings (SSSR count). The fraction of sp³-hybridized carbons (Fsp3) is 0.357. The maximum atomic E-state index is 11.6. The van der Waals surface area contributed by atoms with Crippen LogP contribution in [0, 0.1) is 0 Å². The minimum absolute atomic E-state index is 0.165.